The van der Waals surface area contributed by atoms with Crippen LogP contribution in [0.5, 0.6) is 5.75 Å². The van der Waals surface area contributed by atoms with Crippen LogP contribution in [0.25, 0.3) is 0 Å². The van der Waals surface area contributed by atoms with Crippen LogP contribution in [-0.4, -0.2) is 19.7 Å². The fourth-order valence-corrected chi connectivity index (χ4v) is 1.62. The first-order valence-electron chi connectivity index (χ1n) is 6.06. The summed E-state index contributed by atoms with van der Waals surface area (Å²) in [5, 5.41) is 3.33. The second-order valence-corrected chi connectivity index (χ2v) is 4.30. The van der Waals surface area contributed by atoms with Crippen molar-refractivity contribution in [2.24, 2.45) is 0 Å². The zero-order chi connectivity index (χ0) is 12.0. The van der Waals surface area contributed by atoms with Crippen LogP contribution in [0.2, 0.25) is 0 Å². The molecule has 0 aliphatic rings. The molecule has 1 N–H and O–H groups in total. The fraction of sp³-hybridized carbons (Fsp3) is 0.571. The third-order valence-corrected chi connectivity index (χ3v) is 2.75. The molecule has 0 unspecified atom stereocenters. The predicted octanol–water partition coefficient (Wildman–Crippen LogP) is 2.99. The maximum absolute atomic E-state index is 5.76. The van der Waals surface area contributed by atoms with Crippen molar-refractivity contribution < 1.29 is 4.74 Å². The highest BCUT2D eigenvalue weighted by molar-refractivity contribution is 5.40. The van der Waals surface area contributed by atoms with E-state index in [4.69, 9.17) is 4.74 Å². The summed E-state index contributed by atoms with van der Waals surface area (Å²) >= 11 is 0. The van der Waals surface area contributed by atoms with E-state index in [1.807, 2.05) is 0 Å². The van der Waals surface area contributed by atoms with E-state index < -0.39 is 0 Å². The average molecular weight is 221 g/mol. The van der Waals surface area contributed by atoms with Crippen LogP contribution in [0.4, 0.5) is 0 Å². The molecule has 0 radical (unpaired) electrons. The zero-order valence-corrected chi connectivity index (χ0v) is 10.9. The van der Waals surface area contributed by atoms with Crippen molar-refractivity contribution in [2.45, 2.75) is 34.1 Å². The number of rotatable bonds is 6. The van der Waals surface area contributed by atoms with Gasteiger partial charge in [-0.05, 0) is 56.5 Å². The third kappa shape index (κ3) is 3.86. The minimum Gasteiger partial charge on any atom is -0.492 e. The van der Waals surface area contributed by atoms with Gasteiger partial charge in [-0.1, -0.05) is 13.0 Å². The van der Waals surface area contributed by atoms with Gasteiger partial charge in [-0.25, -0.2) is 0 Å². The highest BCUT2D eigenvalue weighted by Crippen LogP contribution is 2.21. The highest BCUT2D eigenvalue weighted by atomic mass is 16.5. The van der Waals surface area contributed by atoms with Gasteiger partial charge in [-0.15, -0.1) is 0 Å². The summed E-state index contributed by atoms with van der Waals surface area (Å²) in [6.45, 7) is 11.2. The Morgan fingerprint density at radius 3 is 2.38 bits per heavy atom. The molecule has 1 rings (SSSR count). The fourth-order valence-electron chi connectivity index (χ4n) is 1.62. The Bertz CT molecular complexity index is 334. The molecular formula is C14H23NO. The quantitative estimate of drug-likeness (QED) is 0.746. The van der Waals surface area contributed by atoms with Gasteiger partial charge in [0.15, 0.2) is 0 Å². The van der Waals surface area contributed by atoms with Gasteiger partial charge in [0.05, 0.1) is 0 Å². The Labute approximate surface area is 99.0 Å². The molecule has 1 aromatic rings. The Kier molecular flexibility index (Phi) is 5.33. The van der Waals surface area contributed by atoms with Crippen molar-refractivity contribution in [1.29, 1.82) is 0 Å². The van der Waals surface area contributed by atoms with Gasteiger partial charge in [-0.3, -0.25) is 0 Å². The molecule has 2 heteroatoms. The molecule has 0 saturated carbocycles. The van der Waals surface area contributed by atoms with Gasteiger partial charge in [0, 0.05) is 6.54 Å². The molecule has 0 aliphatic carbocycles. The first-order valence-corrected chi connectivity index (χ1v) is 6.06. The van der Waals surface area contributed by atoms with E-state index >= 15 is 0 Å². The Morgan fingerprint density at radius 1 is 1.00 bits per heavy atom. The van der Waals surface area contributed by atoms with Gasteiger partial charge in [-0.2, -0.15) is 0 Å². The van der Waals surface area contributed by atoms with Crippen molar-refractivity contribution in [2.75, 3.05) is 19.7 Å². The Balaban J connectivity index is 2.45. The van der Waals surface area contributed by atoms with Crippen molar-refractivity contribution in [3.8, 4) is 5.75 Å². The van der Waals surface area contributed by atoms with Crippen LogP contribution < -0.4 is 10.1 Å². The monoisotopic (exact) mass is 221 g/mol. The summed E-state index contributed by atoms with van der Waals surface area (Å²) in [5.41, 5.74) is 3.84. The van der Waals surface area contributed by atoms with Gasteiger partial charge < -0.3 is 10.1 Å². The van der Waals surface area contributed by atoms with E-state index in [1.165, 1.54) is 23.1 Å². The van der Waals surface area contributed by atoms with E-state index in [9.17, 15) is 0 Å². The average Bonchev–Trinajstić information content (AvgIpc) is 2.25. The van der Waals surface area contributed by atoms with Crippen molar-refractivity contribution in [3.05, 3.63) is 28.8 Å². The highest BCUT2D eigenvalue weighted by Gasteiger charge is 2.02. The van der Waals surface area contributed by atoms with Crippen LogP contribution in [-0.2, 0) is 0 Å². The lowest BCUT2D eigenvalue weighted by Crippen LogP contribution is -2.21. The number of nitrogens with one attached hydrogen (secondary N) is 1. The molecule has 16 heavy (non-hydrogen) atoms. The molecule has 0 heterocycles. The minimum absolute atomic E-state index is 0.739. The van der Waals surface area contributed by atoms with Crippen molar-refractivity contribution in [3.63, 3.8) is 0 Å². The lowest BCUT2D eigenvalue weighted by Gasteiger charge is -2.12. The molecule has 0 fully saturated rings. The summed E-state index contributed by atoms with van der Waals surface area (Å²) in [4.78, 5) is 0. The minimum atomic E-state index is 0.739. The molecule has 1 aromatic carbocycles. The molecule has 0 aliphatic heterocycles. The van der Waals surface area contributed by atoms with Crippen molar-refractivity contribution >= 4 is 0 Å². The second kappa shape index (κ2) is 6.54. The standard InChI is InChI=1S/C14H23NO/c1-5-6-15-7-8-16-14-10-12(3)11(2)9-13(14)4/h9-10,15H,5-8H2,1-4H3. The van der Waals surface area contributed by atoms with Crippen molar-refractivity contribution in [1.82, 2.24) is 5.32 Å². The van der Waals surface area contributed by atoms with E-state index in [2.05, 4.69) is 45.1 Å². The number of hydrogen-bond donors (Lipinski definition) is 1. The van der Waals surface area contributed by atoms with Crippen LogP contribution in [0.15, 0.2) is 12.1 Å². The van der Waals surface area contributed by atoms with E-state index in [1.54, 1.807) is 0 Å². The first kappa shape index (κ1) is 13.0. The summed E-state index contributed by atoms with van der Waals surface area (Å²) < 4.78 is 5.76. The molecule has 0 amide bonds. The van der Waals surface area contributed by atoms with Crippen LogP contribution in [0.3, 0.4) is 0 Å². The molecule has 0 saturated heterocycles. The summed E-state index contributed by atoms with van der Waals surface area (Å²) in [6, 6.07) is 4.31. The molecule has 0 aromatic heterocycles. The Hall–Kier alpha value is -1.02. The smallest absolute Gasteiger partial charge is 0.122 e. The molecule has 0 spiro atoms. The van der Waals surface area contributed by atoms with Gasteiger partial charge in [0.2, 0.25) is 0 Å². The van der Waals surface area contributed by atoms with Crippen LogP contribution in [0.1, 0.15) is 30.0 Å². The van der Waals surface area contributed by atoms with E-state index in [0.29, 0.717) is 0 Å². The third-order valence-electron chi connectivity index (χ3n) is 2.75. The summed E-state index contributed by atoms with van der Waals surface area (Å²) in [5.74, 6) is 1.02. The van der Waals surface area contributed by atoms with Gasteiger partial charge in [0.25, 0.3) is 0 Å². The van der Waals surface area contributed by atoms with E-state index in [-0.39, 0.29) is 0 Å². The van der Waals surface area contributed by atoms with Gasteiger partial charge >= 0.3 is 0 Å². The number of hydrogen-bond acceptors (Lipinski definition) is 2. The van der Waals surface area contributed by atoms with Crippen LogP contribution in [0, 0.1) is 20.8 Å². The predicted molar refractivity (Wildman–Crippen MR) is 69.3 cm³/mol. The maximum Gasteiger partial charge on any atom is 0.122 e. The molecule has 0 atom stereocenters. The van der Waals surface area contributed by atoms with Gasteiger partial charge in [0.1, 0.15) is 12.4 Å². The normalized spacial score (nSPS) is 10.5. The lowest BCUT2D eigenvalue weighted by atomic mass is 10.1. The number of ether oxygens (including phenoxy) is 1. The maximum atomic E-state index is 5.76. The molecule has 0 bridgehead atoms. The molecular weight excluding hydrogens is 198 g/mol. The number of benzene rings is 1. The summed E-state index contributed by atoms with van der Waals surface area (Å²) in [6.07, 6.45) is 1.17. The Morgan fingerprint density at radius 2 is 1.69 bits per heavy atom. The largest absolute Gasteiger partial charge is 0.492 e. The lowest BCUT2D eigenvalue weighted by molar-refractivity contribution is 0.312. The van der Waals surface area contributed by atoms with Crippen LogP contribution >= 0.6 is 0 Å². The summed E-state index contributed by atoms with van der Waals surface area (Å²) in [7, 11) is 0. The molecule has 90 valence electrons. The van der Waals surface area contributed by atoms with E-state index in [0.717, 1.165) is 25.4 Å². The molecule has 2 nitrogen and oxygen atoms in total. The zero-order valence-electron chi connectivity index (χ0n) is 10.9. The number of aryl methyl sites for hydroxylation is 3. The topological polar surface area (TPSA) is 21.3 Å². The SMILES string of the molecule is CCCNCCOc1cc(C)c(C)cc1C. The second-order valence-electron chi connectivity index (χ2n) is 4.30. The first-order chi connectivity index (χ1) is 7.65.